The van der Waals surface area contributed by atoms with E-state index in [1.54, 1.807) is 18.3 Å². The van der Waals surface area contributed by atoms with Gasteiger partial charge in [-0.3, -0.25) is 10.5 Å². The van der Waals surface area contributed by atoms with Gasteiger partial charge in [0.1, 0.15) is 11.8 Å². The number of aryl methyl sites for hydroxylation is 1. The van der Waals surface area contributed by atoms with Crippen molar-refractivity contribution < 1.29 is 4.42 Å². The first-order chi connectivity index (χ1) is 8.17. The molecule has 0 fully saturated rings. The summed E-state index contributed by atoms with van der Waals surface area (Å²) in [6.45, 7) is 2.75. The van der Waals surface area contributed by atoms with Gasteiger partial charge in [0.2, 0.25) is 0 Å². The standard InChI is InChI=1S/C10H12BrClN4O/c1-2-16-10(6(11)5-14-16)9(15-13)7-3-4-8(12)17-7/h3-5,9,15H,2,13H2,1H3. The highest BCUT2D eigenvalue weighted by molar-refractivity contribution is 9.10. The van der Waals surface area contributed by atoms with Crippen LogP contribution in [-0.2, 0) is 6.54 Å². The van der Waals surface area contributed by atoms with Crippen molar-refractivity contribution in [2.45, 2.75) is 19.5 Å². The quantitative estimate of drug-likeness (QED) is 0.671. The van der Waals surface area contributed by atoms with Gasteiger partial charge in [0.15, 0.2) is 5.22 Å². The first kappa shape index (κ1) is 12.6. The molecule has 7 heteroatoms. The third-order valence-electron chi connectivity index (χ3n) is 2.45. The lowest BCUT2D eigenvalue weighted by Gasteiger charge is -2.15. The molecule has 0 amide bonds. The van der Waals surface area contributed by atoms with Crippen LogP contribution in [0, 0.1) is 0 Å². The number of nitrogens with zero attached hydrogens (tertiary/aromatic N) is 2. The molecule has 0 aliphatic heterocycles. The minimum Gasteiger partial charge on any atom is -0.448 e. The predicted molar refractivity (Wildman–Crippen MR) is 68.5 cm³/mol. The molecule has 17 heavy (non-hydrogen) atoms. The monoisotopic (exact) mass is 318 g/mol. The van der Waals surface area contributed by atoms with E-state index in [4.69, 9.17) is 21.9 Å². The SMILES string of the molecule is CCn1ncc(Br)c1C(NN)c1ccc(Cl)o1. The summed E-state index contributed by atoms with van der Waals surface area (Å²) in [4.78, 5) is 0. The van der Waals surface area contributed by atoms with Crippen LogP contribution in [-0.4, -0.2) is 9.78 Å². The van der Waals surface area contributed by atoms with Crippen molar-refractivity contribution in [3.05, 3.63) is 39.5 Å². The van der Waals surface area contributed by atoms with Gasteiger partial charge in [-0.25, -0.2) is 5.43 Å². The van der Waals surface area contributed by atoms with E-state index in [0.717, 1.165) is 16.7 Å². The fourth-order valence-corrected chi connectivity index (χ4v) is 2.37. The minimum absolute atomic E-state index is 0.292. The summed E-state index contributed by atoms with van der Waals surface area (Å²) in [5.74, 6) is 6.23. The second kappa shape index (κ2) is 5.22. The van der Waals surface area contributed by atoms with E-state index in [-0.39, 0.29) is 6.04 Å². The average Bonchev–Trinajstić information content (AvgIpc) is 2.89. The Bertz CT molecular complexity index is 510. The number of halogens is 2. The fraction of sp³-hybridized carbons (Fsp3) is 0.300. The number of nitrogens with two attached hydrogens (primary N) is 1. The summed E-state index contributed by atoms with van der Waals surface area (Å²) in [5, 5.41) is 4.57. The molecule has 0 aliphatic carbocycles. The van der Waals surface area contributed by atoms with Crippen molar-refractivity contribution in [2.24, 2.45) is 5.84 Å². The van der Waals surface area contributed by atoms with Gasteiger partial charge in [0.25, 0.3) is 0 Å². The van der Waals surface area contributed by atoms with E-state index >= 15 is 0 Å². The van der Waals surface area contributed by atoms with Crippen molar-refractivity contribution in [3.8, 4) is 0 Å². The first-order valence-electron chi connectivity index (χ1n) is 5.10. The molecule has 0 aliphatic rings. The molecule has 2 aromatic rings. The molecule has 92 valence electrons. The highest BCUT2D eigenvalue weighted by Gasteiger charge is 2.23. The Morgan fingerprint density at radius 1 is 1.65 bits per heavy atom. The third-order valence-corrected chi connectivity index (χ3v) is 3.27. The second-order valence-corrected chi connectivity index (χ2v) is 4.66. The van der Waals surface area contributed by atoms with Crippen LogP contribution in [0.4, 0.5) is 0 Å². The Hall–Kier alpha value is -0.820. The van der Waals surface area contributed by atoms with Crippen molar-refractivity contribution >= 4 is 27.5 Å². The first-order valence-corrected chi connectivity index (χ1v) is 6.27. The number of hydrazine groups is 1. The molecule has 5 nitrogen and oxygen atoms in total. The van der Waals surface area contributed by atoms with Crippen LogP contribution in [0.15, 0.2) is 27.2 Å². The highest BCUT2D eigenvalue weighted by Crippen LogP contribution is 2.30. The molecule has 2 rings (SSSR count). The summed E-state index contributed by atoms with van der Waals surface area (Å²) in [6, 6.07) is 3.17. The summed E-state index contributed by atoms with van der Waals surface area (Å²) in [7, 11) is 0. The molecule has 0 spiro atoms. The zero-order chi connectivity index (χ0) is 12.4. The Kier molecular flexibility index (Phi) is 3.88. The molecule has 2 heterocycles. The molecule has 1 unspecified atom stereocenters. The molecular formula is C10H12BrClN4O. The van der Waals surface area contributed by atoms with Crippen molar-refractivity contribution in [1.29, 1.82) is 0 Å². The maximum atomic E-state index is 5.77. The maximum absolute atomic E-state index is 5.77. The van der Waals surface area contributed by atoms with Gasteiger partial charge in [-0.1, -0.05) is 0 Å². The molecular weight excluding hydrogens is 307 g/mol. The van der Waals surface area contributed by atoms with Gasteiger partial charge in [0, 0.05) is 6.54 Å². The highest BCUT2D eigenvalue weighted by atomic mass is 79.9. The zero-order valence-corrected chi connectivity index (χ0v) is 11.5. The molecule has 0 saturated carbocycles. The molecule has 0 saturated heterocycles. The number of furan rings is 1. The van der Waals surface area contributed by atoms with Crippen LogP contribution in [0.5, 0.6) is 0 Å². The van der Waals surface area contributed by atoms with E-state index in [1.165, 1.54) is 0 Å². The summed E-state index contributed by atoms with van der Waals surface area (Å²) >= 11 is 9.22. The number of hydrogen-bond acceptors (Lipinski definition) is 4. The van der Waals surface area contributed by atoms with E-state index in [1.807, 2.05) is 11.6 Å². The van der Waals surface area contributed by atoms with Crippen LogP contribution < -0.4 is 11.3 Å². The van der Waals surface area contributed by atoms with E-state index in [2.05, 4.69) is 26.5 Å². The zero-order valence-electron chi connectivity index (χ0n) is 9.15. The number of nitrogens with one attached hydrogen (secondary N) is 1. The molecule has 3 N–H and O–H groups in total. The number of aromatic nitrogens is 2. The van der Waals surface area contributed by atoms with Gasteiger partial charge in [-0.05, 0) is 46.6 Å². The minimum atomic E-state index is -0.292. The van der Waals surface area contributed by atoms with Gasteiger partial charge < -0.3 is 4.42 Å². The lowest BCUT2D eigenvalue weighted by Crippen LogP contribution is -2.30. The number of hydrogen-bond donors (Lipinski definition) is 2. The normalized spacial score (nSPS) is 12.9. The lowest BCUT2D eigenvalue weighted by molar-refractivity contribution is 0.432. The summed E-state index contributed by atoms with van der Waals surface area (Å²) in [5.41, 5.74) is 3.61. The van der Waals surface area contributed by atoms with Crippen LogP contribution in [0.3, 0.4) is 0 Å². The van der Waals surface area contributed by atoms with E-state index in [0.29, 0.717) is 11.0 Å². The van der Waals surface area contributed by atoms with Gasteiger partial charge in [-0.15, -0.1) is 0 Å². The predicted octanol–water partition coefficient (Wildman–Crippen LogP) is 2.46. The molecule has 0 radical (unpaired) electrons. The smallest absolute Gasteiger partial charge is 0.193 e. The van der Waals surface area contributed by atoms with Crippen LogP contribution >= 0.6 is 27.5 Å². The molecule has 2 aromatic heterocycles. The topological polar surface area (TPSA) is 69.0 Å². The summed E-state index contributed by atoms with van der Waals surface area (Å²) < 4.78 is 8.08. The second-order valence-electron chi connectivity index (χ2n) is 3.44. The van der Waals surface area contributed by atoms with Crippen molar-refractivity contribution in [1.82, 2.24) is 15.2 Å². The fourth-order valence-electron chi connectivity index (χ4n) is 1.69. The lowest BCUT2D eigenvalue weighted by atomic mass is 10.1. The largest absolute Gasteiger partial charge is 0.448 e. The molecule has 0 aromatic carbocycles. The van der Waals surface area contributed by atoms with Crippen LogP contribution in [0.25, 0.3) is 0 Å². The van der Waals surface area contributed by atoms with Gasteiger partial charge >= 0.3 is 0 Å². The molecule has 1 atom stereocenters. The summed E-state index contributed by atoms with van der Waals surface area (Å²) in [6.07, 6.45) is 1.73. The Morgan fingerprint density at radius 2 is 2.41 bits per heavy atom. The van der Waals surface area contributed by atoms with Crippen LogP contribution in [0.1, 0.15) is 24.4 Å². The van der Waals surface area contributed by atoms with Crippen LogP contribution in [0.2, 0.25) is 5.22 Å². The maximum Gasteiger partial charge on any atom is 0.193 e. The Balaban J connectivity index is 2.44. The number of rotatable bonds is 4. The van der Waals surface area contributed by atoms with Crippen molar-refractivity contribution in [2.75, 3.05) is 0 Å². The van der Waals surface area contributed by atoms with E-state index in [9.17, 15) is 0 Å². The van der Waals surface area contributed by atoms with Crippen molar-refractivity contribution in [3.63, 3.8) is 0 Å². The third kappa shape index (κ3) is 2.40. The average molecular weight is 320 g/mol. The molecule has 0 bridgehead atoms. The Morgan fingerprint density at radius 3 is 2.94 bits per heavy atom. The van der Waals surface area contributed by atoms with Gasteiger partial charge in [0.05, 0.1) is 16.4 Å². The van der Waals surface area contributed by atoms with E-state index < -0.39 is 0 Å². The van der Waals surface area contributed by atoms with Gasteiger partial charge in [-0.2, -0.15) is 5.10 Å². The Labute approximate surface area is 112 Å².